The van der Waals surface area contributed by atoms with Crippen LogP contribution in [0, 0.1) is 34.5 Å². The van der Waals surface area contributed by atoms with E-state index >= 15 is 0 Å². The zero-order chi connectivity index (χ0) is 22.2. The maximum Gasteiger partial charge on any atom is 0.305 e. The molecule has 3 aliphatic carbocycles. The lowest BCUT2D eigenvalue weighted by Crippen LogP contribution is -2.61. The zero-order valence-corrected chi connectivity index (χ0v) is 21.4. The first-order chi connectivity index (χ1) is 14.8. The first-order valence-electron chi connectivity index (χ1n) is 12.8. The number of unbranched alkanes of at least 4 members (excludes halogenated alkanes) is 2. The van der Waals surface area contributed by atoms with Gasteiger partial charge in [-0.25, -0.2) is 0 Å². The van der Waals surface area contributed by atoms with Crippen LogP contribution in [0.15, 0.2) is 0 Å². The molecule has 31 heavy (non-hydrogen) atoms. The predicted molar refractivity (Wildman–Crippen MR) is 127 cm³/mol. The van der Waals surface area contributed by atoms with E-state index in [0.717, 1.165) is 55.2 Å². The Balaban J connectivity index is 1.38. The molecular formula is C26H42BrNO3. The van der Waals surface area contributed by atoms with Gasteiger partial charge in [0.25, 0.3) is 0 Å². The predicted octanol–water partition coefficient (Wildman–Crippen LogP) is 5.96. The number of likely N-dealkylation sites (tertiary alicyclic amines) is 1. The maximum atomic E-state index is 12.3. The van der Waals surface area contributed by atoms with Gasteiger partial charge in [0.2, 0.25) is 5.91 Å². The van der Waals surface area contributed by atoms with Crippen molar-refractivity contribution in [3.63, 3.8) is 0 Å². The Morgan fingerprint density at radius 2 is 1.81 bits per heavy atom. The van der Waals surface area contributed by atoms with Gasteiger partial charge in [0.15, 0.2) is 0 Å². The molecule has 1 amide bonds. The van der Waals surface area contributed by atoms with Crippen LogP contribution in [0.5, 0.6) is 0 Å². The number of alkyl halides is 1. The molecule has 0 N–H and O–H groups in total. The highest BCUT2D eigenvalue weighted by molar-refractivity contribution is 9.09. The Kier molecular flexibility index (Phi) is 7.11. The SMILES string of the molecule is CN1C(=O)CC[C@]2(C)[C@H]3CC[C@]4(C)C(COC(=O)CCCCCBr)CC[C@H]4[C@@H]3CC[C@@H]12. The summed E-state index contributed by atoms with van der Waals surface area (Å²) < 4.78 is 5.79. The fraction of sp³-hybridized carbons (Fsp3) is 0.923. The molecule has 0 aromatic heterocycles. The summed E-state index contributed by atoms with van der Waals surface area (Å²) in [6.45, 7) is 5.61. The van der Waals surface area contributed by atoms with Crippen molar-refractivity contribution in [1.82, 2.24) is 4.90 Å². The van der Waals surface area contributed by atoms with Crippen LogP contribution in [0.3, 0.4) is 0 Å². The smallest absolute Gasteiger partial charge is 0.305 e. The standard InChI is InChI=1S/C26H42BrNO3/c1-25-14-12-21-19(9-11-22-26(21,2)15-13-23(29)28(22)3)20(25)10-8-18(25)17-31-24(30)7-5-4-6-16-27/h18-22H,4-17H2,1-3H3/t18?,19-,20-,21-,22+,25+,26+/m0/s1. The number of halogens is 1. The highest BCUT2D eigenvalue weighted by Gasteiger charge is 2.61. The van der Waals surface area contributed by atoms with Gasteiger partial charge in [0, 0.05) is 31.3 Å². The number of esters is 1. The van der Waals surface area contributed by atoms with Crippen molar-refractivity contribution in [2.24, 2.45) is 34.5 Å². The summed E-state index contributed by atoms with van der Waals surface area (Å²) in [5.41, 5.74) is 0.601. The van der Waals surface area contributed by atoms with E-state index in [-0.39, 0.29) is 11.4 Å². The van der Waals surface area contributed by atoms with Crippen molar-refractivity contribution in [2.45, 2.75) is 96.9 Å². The molecule has 0 radical (unpaired) electrons. The number of carbonyl (C=O) groups excluding carboxylic acids is 2. The Morgan fingerprint density at radius 3 is 2.58 bits per heavy atom. The number of rotatable bonds is 7. The van der Waals surface area contributed by atoms with Gasteiger partial charge in [0.05, 0.1) is 6.61 Å². The minimum Gasteiger partial charge on any atom is -0.465 e. The van der Waals surface area contributed by atoms with Crippen molar-refractivity contribution in [2.75, 3.05) is 19.0 Å². The van der Waals surface area contributed by atoms with Crippen LogP contribution in [-0.2, 0) is 14.3 Å². The number of piperidine rings is 1. The summed E-state index contributed by atoms with van der Waals surface area (Å²) in [6.07, 6.45) is 13.0. The summed E-state index contributed by atoms with van der Waals surface area (Å²) in [5.74, 6) is 3.15. The molecular weight excluding hydrogens is 454 g/mol. The Morgan fingerprint density at radius 1 is 1.03 bits per heavy atom. The number of fused-ring (bicyclic) bond motifs is 5. The van der Waals surface area contributed by atoms with E-state index in [1.165, 1.54) is 38.5 Å². The molecule has 1 saturated heterocycles. The van der Waals surface area contributed by atoms with Crippen LogP contribution in [0.4, 0.5) is 0 Å². The lowest BCUT2D eigenvalue weighted by molar-refractivity contribution is -0.160. The number of amides is 1. The fourth-order valence-electron chi connectivity index (χ4n) is 8.34. The van der Waals surface area contributed by atoms with E-state index in [0.29, 0.717) is 36.3 Å². The van der Waals surface area contributed by atoms with Gasteiger partial charge >= 0.3 is 5.97 Å². The summed E-state index contributed by atoms with van der Waals surface area (Å²) in [6, 6.07) is 0.432. The molecule has 4 nitrogen and oxygen atoms in total. The molecule has 1 unspecified atom stereocenters. The Bertz CT molecular complexity index is 684. The topological polar surface area (TPSA) is 46.6 Å². The van der Waals surface area contributed by atoms with E-state index in [1.807, 2.05) is 7.05 Å². The third-order valence-corrected chi connectivity index (χ3v) is 10.8. The first kappa shape index (κ1) is 23.6. The molecule has 3 saturated carbocycles. The normalized spacial score (nSPS) is 42.0. The van der Waals surface area contributed by atoms with Gasteiger partial charge in [-0.1, -0.05) is 36.2 Å². The van der Waals surface area contributed by atoms with Crippen LogP contribution in [0.2, 0.25) is 0 Å². The summed E-state index contributed by atoms with van der Waals surface area (Å²) >= 11 is 3.45. The third-order valence-electron chi connectivity index (χ3n) is 10.2. The van der Waals surface area contributed by atoms with Gasteiger partial charge in [-0.3, -0.25) is 9.59 Å². The molecule has 4 rings (SSSR count). The van der Waals surface area contributed by atoms with E-state index in [1.54, 1.807) is 0 Å². The molecule has 1 aliphatic heterocycles. The average Bonchev–Trinajstić information content (AvgIpc) is 3.09. The highest BCUT2D eigenvalue weighted by atomic mass is 79.9. The highest BCUT2D eigenvalue weighted by Crippen LogP contribution is 2.66. The second kappa shape index (κ2) is 9.35. The molecule has 0 spiro atoms. The van der Waals surface area contributed by atoms with Crippen LogP contribution in [-0.4, -0.2) is 41.8 Å². The first-order valence-corrected chi connectivity index (χ1v) is 13.9. The van der Waals surface area contributed by atoms with E-state index in [4.69, 9.17) is 4.74 Å². The third kappa shape index (κ3) is 4.22. The van der Waals surface area contributed by atoms with E-state index in [9.17, 15) is 9.59 Å². The van der Waals surface area contributed by atoms with Gasteiger partial charge in [0.1, 0.15) is 0 Å². The molecule has 7 atom stereocenters. The van der Waals surface area contributed by atoms with Crippen LogP contribution in [0.25, 0.3) is 0 Å². The van der Waals surface area contributed by atoms with Crippen molar-refractivity contribution < 1.29 is 14.3 Å². The Labute approximate surface area is 197 Å². The second-order valence-corrected chi connectivity index (χ2v) is 12.3. The van der Waals surface area contributed by atoms with Crippen molar-refractivity contribution in [3.8, 4) is 0 Å². The summed E-state index contributed by atoms with van der Waals surface area (Å²) in [5, 5.41) is 1.01. The molecule has 1 heterocycles. The average molecular weight is 497 g/mol. The minimum absolute atomic E-state index is 0.00163. The molecule has 0 bridgehead atoms. The largest absolute Gasteiger partial charge is 0.465 e. The molecule has 4 aliphatic rings. The van der Waals surface area contributed by atoms with Gasteiger partial charge in [-0.05, 0) is 92.3 Å². The molecule has 4 fully saturated rings. The number of carbonyl (C=O) groups is 2. The Hall–Kier alpha value is -0.580. The van der Waals surface area contributed by atoms with Crippen LogP contribution < -0.4 is 0 Å². The maximum absolute atomic E-state index is 12.3. The monoisotopic (exact) mass is 495 g/mol. The number of ether oxygens (including phenoxy) is 1. The fourth-order valence-corrected chi connectivity index (χ4v) is 8.74. The van der Waals surface area contributed by atoms with E-state index < -0.39 is 0 Å². The van der Waals surface area contributed by atoms with Crippen LogP contribution in [0.1, 0.15) is 90.9 Å². The summed E-state index contributed by atoms with van der Waals surface area (Å²) in [4.78, 5) is 26.7. The van der Waals surface area contributed by atoms with Crippen molar-refractivity contribution >= 4 is 27.8 Å². The second-order valence-electron chi connectivity index (χ2n) is 11.5. The van der Waals surface area contributed by atoms with Crippen molar-refractivity contribution in [1.29, 1.82) is 0 Å². The van der Waals surface area contributed by atoms with E-state index in [2.05, 4.69) is 34.7 Å². The number of nitrogens with zero attached hydrogens (tertiary/aromatic N) is 1. The van der Waals surface area contributed by atoms with Crippen molar-refractivity contribution in [3.05, 3.63) is 0 Å². The van der Waals surface area contributed by atoms with Crippen LogP contribution >= 0.6 is 15.9 Å². The molecule has 5 heteroatoms. The van der Waals surface area contributed by atoms with Gasteiger partial charge in [-0.15, -0.1) is 0 Å². The minimum atomic E-state index is -0.00163. The number of hydrogen-bond acceptors (Lipinski definition) is 3. The molecule has 0 aromatic rings. The number of hydrogen-bond donors (Lipinski definition) is 0. The quantitative estimate of drug-likeness (QED) is 0.248. The lowest BCUT2D eigenvalue weighted by atomic mass is 9.47. The van der Waals surface area contributed by atoms with Gasteiger partial charge in [-0.2, -0.15) is 0 Å². The zero-order valence-electron chi connectivity index (χ0n) is 19.8. The molecule has 0 aromatic carbocycles. The molecule has 176 valence electrons. The summed E-state index contributed by atoms with van der Waals surface area (Å²) in [7, 11) is 2.04. The lowest BCUT2D eigenvalue weighted by Gasteiger charge is -2.61. The van der Waals surface area contributed by atoms with Gasteiger partial charge < -0.3 is 9.64 Å².